The van der Waals surface area contributed by atoms with Crippen molar-refractivity contribution in [3.63, 3.8) is 0 Å². The molecule has 0 spiro atoms. The molecule has 2 aromatic carbocycles. The molecule has 0 bridgehead atoms. The van der Waals surface area contributed by atoms with Crippen LogP contribution in [0.3, 0.4) is 0 Å². The van der Waals surface area contributed by atoms with Gasteiger partial charge in [-0.25, -0.2) is 4.99 Å². The van der Waals surface area contributed by atoms with Gasteiger partial charge in [-0.05, 0) is 30.9 Å². The quantitative estimate of drug-likeness (QED) is 0.274. The summed E-state index contributed by atoms with van der Waals surface area (Å²) in [5.74, 6) is 3.10. The Morgan fingerprint density at radius 1 is 0.968 bits per heavy atom. The molecule has 0 atom stereocenters. The Morgan fingerprint density at radius 3 is 2.29 bits per heavy atom. The Kier molecular flexibility index (Phi) is 8.87. The van der Waals surface area contributed by atoms with Crippen molar-refractivity contribution in [3.8, 4) is 0 Å². The van der Waals surface area contributed by atoms with E-state index in [2.05, 4.69) is 93.0 Å². The van der Waals surface area contributed by atoms with Gasteiger partial charge in [0.05, 0.1) is 0 Å². The molecule has 0 radical (unpaired) electrons. The van der Waals surface area contributed by atoms with Gasteiger partial charge in [0.1, 0.15) is 12.4 Å². The van der Waals surface area contributed by atoms with Gasteiger partial charge in [0.2, 0.25) is 0 Å². The molecule has 2 heterocycles. The largest absolute Gasteiger partial charge is 0.357 e. The third kappa shape index (κ3) is 6.06. The van der Waals surface area contributed by atoms with Gasteiger partial charge < -0.3 is 15.2 Å². The van der Waals surface area contributed by atoms with Gasteiger partial charge >= 0.3 is 0 Å². The molecule has 0 unspecified atom stereocenters. The van der Waals surface area contributed by atoms with E-state index in [0.717, 1.165) is 43.7 Å². The molecule has 164 valence electrons. The van der Waals surface area contributed by atoms with E-state index >= 15 is 0 Å². The number of nitrogens with zero attached hydrogens (tertiary/aromatic N) is 4. The molecule has 0 amide bonds. The van der Waals surface area contributed by atoms with Gasteiger partial charge in [0, 0.05) is 32.0 Å². The molecule has 6 nitrogen and oxygen atoms in total. The van der Waals surface area contributed by atoms with Crippen molar-refractivity contribution in [1.29, 1.82) is 0 Å². The fourth-order valence-electron chi connectivity index (χ4n) is 3.97. The average Bonchev–Trinajstić information content (AvgIpc) is 3.22. The predicted molar refractivity (Wildman–Crippen MR) is 136 cm³/mol. The fourth-order valence-corrected chi connectivity index (χ4v) is 3.97. The molecule has 3 aromatic rings. The zero-order valence-electron chi connectivity index (χ0n) is 18.0. The van der Waals surface area contributed by atoms with E-state index < -0.39 is 0 Å². The molecular formula is C24H31IN6. The maximum absolute atomic E-state index is 4.79. The molecule has 1 aliphatic rings. The Labute approximate surface area is 201 Å². The fraction of sp³-hybridized carbons (Fsp3) is 0.375. The van der Waals surface area contributed by atoms with Gasteiger partial charge in [-0.3, -0.25) is 0 Å². The first-order chi connectivity index (χ1) is 14.8. The number of halogens is 1. The van der Waals surface area contributed by atoms with E-state index in [1.807, 2.05) is 0 Å². The number of hydrogen-bond acceptors (Lipinski definition) is 3. The van der Waals surface area contributed by atoms with Crippen LogP contribution < -0.4 is 10.6 Å². The first-order valence-electron chi connectivity index (χ1n) is 10.9. The first-order valence-corrected chi connectivity index (χ1v) is 10.9. The van der Waals surface area contributed by atoms with Crippen LogP contribution in [0.1, 0.15) is 48.5 Å². The number of aryl methyl sites for hydroxylation is 1. The number of aromatic nitrogens is 3. The Morgan fingerprint density at radius 2 is 1.65 bits per heavy atom. The minimum absolute atomic E-state index is 0. The van der Waals surface area contributed by atoms with Crippen molar-refractivity contribution in [2.45, 2.75) is 45.2 Å². The predicted octanol–water partition coefficient (Wildman–Crippen LogP) is 4.12. The van der Waals surface area contributed by atoms with Crippen LogP contribution in [0, 0.1) is 0 Å². The lowest BCUT2D eigenvalue weighted by Gasteiger charge is -2.20. The average molecular weight is 530 g/mol. The molecule has 0 aliphatic carbocycles. The molecule has 31 heavy (non-hydrogen) atoms. The second-order valence-corrected chi connectivity index (χ2v) is 7.59. The zero-order chi connectivity index (χ0) is 20.6. The number of benzene rings is 2. The minimum atomic E-state index is 0. The van der Waals surface area contributed by atoms with Gasteiger partial charge in [0.25, 0.3) is 0 Å². The molecule has 1 aromatic heterocycles. The van der Waals surface area contributed by atoms with E-state index in [4.69, 9.17) is 4.99 Å². The highest BCUT2D eigenvalue weighted by atomic mass is 127. The highest BCUT2D eigenvalue weighted by molar-refractivity contribution is 14.0. The summed E-state index contributed by atoms with van der Waals surface area (Å²) in [5.41, 5.74) is 2.58. The first kappa shape index (κ1) is 23.2. The van der Waals surface area contributed by atoms with Gasteiger partial charge in [-0.1, -0.05) is 60.7 Å². The summed E-state index contributed by atoms with van der Waals surface area (Å²) in [7, 11) is 0. The van der Waals surface area contributed by atoms with Crippen LogP contribution in [0.4, 0.5) is 0 Å². The maximum atomic E-state index is 4.79. The minimum Gasteiger partial charge on any atom is -0.357 e. The molecule has 1 aliphatic heterocycles. The number of hydrogen-bond donors (Lipinski definition) is 2. The molecule has 2 N–H and O–H groups in total. The molecule has 0 fully saturated rings. The van der Waals surface area contributed by atoms with Gasteiger partial charge in [-0.2, -0.15) is 0 Å². The number of fused-ring (bicyclic) bond motifs is 1. The van der Waals surface area contributed by atoms with Crippen LogP contribution >= 0.6 is 24.0 Å². The van der Waals surface area contributed by atoms with Crippen molar-refractivity contribution >= 4 is 29.9 Å². The number of aliphatic imine (C=N–C) groups is 1. The van der Waals surface area contributed by atoms with Crippen LogP contribution in [0.15, 0.2) is 65.7 Å². The van der Waals surface area contributed by atoms with Crippen LogP contribution in [-0.4, -0.2) is 33.8 Å². The summed E-state index contributed by atoms with van der Waals surface area (Å²) >= 11 is 0. The molecule has 4 rings (SSSR count). The summed E-state index contributed by atoms with van der Waals surface area (Å²) in [5, 5.41) is 15.6. The molecule has 0 saturated carbocycles. The lowest BCUT2D eigenvalue weighted by Crippen LogP contribution is -2.39. The van der Waals surface area contributed by atoms with Gasteiger partial charge in [0.15, 0.2) is 11.8 Å². The van der Waals surface area contributed by atoms with E-state index in [0.29, 0.717) is 6.54 Å². The lowest BCUT2D eigenvalue weighted by atomic mass is 9.91. The van der Waals surface area contributed by atoms with Crippen molar-refractivity contribution in [2.24, 2.45) is 4.99 Å². The standard InChI is InChI=1S/C24H30N6.HI/c1-2-25-24(27-18-23-29-28-22-15-9-10-16-30(22)23)26-17-21(19-11-5-3-6-12-19)20-13-7-4-8-14-20;/h3-8,11-14,21H,2,9-10,15-18H2,1H3,(H2,25,26,27);1H. The summed E-state index contributed by atoms with van der Waals surface area (Å²) in [4.78, 5) is 4.79. The lowest BCUT2D eigenvalue weighted by molar-refractivity contribution is 0.508. The monoisotopic (exact) mass is 530 g/mol. The van der Waals surface area contributed by atoms with E-state index in [1.54, 1.807) is 0 Å². The number of guanidine groups is 1. The van der Waals surface area contributed by atoms with Crippen LogP contribution in [-0.2, 0) is 19.5 Å². The summed E-state index contributed by atoms with van der Waals surface area (Å²) < 4.78 is 2.23. The maximum Gasteiger partial charge on any atom is 0.191 e. The Balaban J connectivity index is 0.00000272. The van der Waals surface area contributed by atoms with Crippen LogP contribution in [0.5, 0.6) is 0 Å². The van der Waals surface area contributed by atoms with Crippen molar-refractivity contribution in [2.75, 3.05) is 13.1 Å². The Bertz CT molecular complexity index is 915. The normalized spacial score (nSPS) is 13.4. The molecule has 0 saturated heterocycles. The molecule has 7 heteroatoms. The van der Waals surface area contributed by atoms with Crippen LogP contribution in [0.25, 0.3) is 0 Å². The highest BCUT2D eigenvalue weighted by Crippen LogP contribution is 2.23. The smallest absolute Gasteiger partial charge is 0.191 e. The van der Waals surface area contributed by atoms with Crippen LogP contribution in [0.2, 0.25) is 0 Å². The van der Waals surface area contributed by atoms with Gasteiger partial charge in [-0.15, -0.1) is 34.2 Å². The topological polar surface area (TPSA) is 67.1 Å². The number of rotatable bonds is 7. The van der Waals surface area contributed by atoms with E-state index in [9.17, 15) is 0 Å². The van der Waals surface area contributed by atoms with Crippen molar-refractivity contribution in [1.82, 2.24) is 25.4 Å². The van der Waals surface area contributed by atoms with Crippen molar-refractivity contribution in [3.05, 3.63) is 83.4 Å². The summed E-state index contributed by atoms with van der Waals surface area (Å²) in [6.45, 7) is 5.19. The third-order valence-electron chi connectivity index (χ3n) is 5.54. The summed E-state index contributed by atoms with van der Waals surface area (Å²) in [6, 6.07) is 21.2. The second-order valence-electron chi connectivity index (χ2n) is 7.59. The van der Waals surface area contributed by atoms with E-state index in [1.165, 1.54) is 24.0 Å². The SMILES string of the molecule is CCNC(=NCc1nnc2n1CCCC2)NCC(c1ccccc1)c1ccccc1.I. The Hall–Kier alpha value is -2.42. The summed E-state index contributed by atoms with van der Waals surface area (Å²) in [6.07, 6.45) is 3.41. The highest BCUT2D eigenvalue weighted by Gasteiger charge is 2.16. The van der Waals surface area contributed by atoms with E-state index in [-0.39, 0.29) is 29.9 Å². The zero-order valence-corrected chi connectivity index (χ0v) is 20.3. The molecular weight excluding hydrogens is 499 g/mol. The third-order valence-corrected chi connectivity index (χ3v) is 5.54. The second kappa shape index (κ2) is 11.8. The van der Waals surface area contributed by atoms with Crippen molar-refractivity contribution < 1.29 is 0 Å². The number of nitrogens with one attached hydrogen (secondary N) is 2.